The van der Waals surface area contributed by atoms with Crippen molar-refractivity contribution in [3.63, 3.8) is 0 Å². The summed E-state index contributed by atoms with van der Waals surface area (Å²) in [6.45, 7) is 7.69. The number of aromatic nitrogens is 4. The molecule has 0 bridgehead atoms. The standard InChI is InChI=1S/C31H38BrN8OP/c1-38-13-10-20(11-14-38)40-15-12-26-22(18-34-39(26)2)21-16-25(28(41-3)17-27(21)40)36-31-33-19-23(32)30(37-31)35-24-8-6-7-9-29(24)42(4)5/h6-9,16-20H,10-15H2,1-5H3,(H2,33,35,36,37). The highest BCUT2D eigenvalue weighted by atomic mass is 79.9. The van der Waals surface area contributed by atoms with Gasteiger partial charge < -0.3 is 25.2 Å². The van der Waals surface area contributed by atoms with Gasteiger partial charge in [-0.1, -0.05) is 26.1 Å². The third kappa shape index (κ3) is 5.72. The lowest BCUT2D eigenvalue weighted by molar-refractivity contribution is 0.250. The van der Waals surface area contributed by atoms with E-state index in [1.54, 1.807) is 13.3 Å². The lowest BCUT2D eigenvalue weighted by Gasteiger charge is -2.39. The van der Waals surface area contributed by atoms with E-state index in [2.05, 4.69) is 97.2 Å². The number of nitrogens with one attached hydrogen (secondary N) is 2. The predicted molar refractivity (Wildman–Crippen MR) is 178 cm³/mol. The van der Waals surface area contributed by atoms with Gasteiger partial charge in [-0.25, -0.2) is 4.98 Å². The summed E-state index contributed by atoms with van der Waals surface area (Å²) in [4.78, 5) is 14.5. The van der Waals surface area contributed by atoms with Crippen LogP contribution < -0.4 is 25.6 Å². The van der Waals surface area contributed by atoms with Gasteiger partial charge in [0.25, 0.3) is 0 Å². The van der Waals surface area contributed by atoms with Crippen LogP contribution in [0.15, 0.2) is 53.3 Å². The van der Waals surface area contributed by atoms with Crippen molar-refractivity contribution in [2.45, 2.75) is 25.3 Å². The molecule has 0 atom stereocenters. The van der Waals surface area contributed by atoms with Gasteiger partial charge in [-0.2, -0.15) is 10.1 Å². The van der Waals surface area contributed by atoms with Crippen LogP contribution in [0.5, 0.6) is 5.75 Å². The van der Waals surface area contributed by atoms with E-state index >= 15 is 0 Å². The average Bonchev–Trinajstić information content (AvgIpc) is 3.27. The number of aryl methyl sites for hydroxylation is 1. The first-order valence-electron chi connectivity index (χ1n) is 14.3. The van der Waals surface area contributed by atoms with Gasteiger partial charge in [0.1, 0.15) is 11.6 Å². The number of piperidine rings is 1. The number of likely N-dealkylation sites (tertiary alicyclic amines) is 1. The number of benzene rings is 2. The Bertz CT molecular complexity index is 1580. The zero-order valence-corrected chi connectivity index (χ0v) is 27.3. The Morgan fingerprint density at radius 1 is 0.976 bits per heavy atom. The van der Waals surface area contributed by atoms with Gasteiger partial charge >= 0.3 is 0 Å². The molecular formula is C31H38BrN8OP. The van der Waals surface area contributed by atoms with Crippen LogP contribution in [-0.4, -0.2) is 77.8 Å². The number of ether oxygens (including phenoxy) is 1. The number of rotatable bonds is 7. The van der Waals surface area contributed by atoms with E-state index in [1.165, 1.54) is 22.2 Å². The first-order valence-corrected chi connectivity index (χ1v) is 17.4. The van der Waals surface area contributed by atoms with E-state index < -0.39 is 0 Å². The average molecular weight is 650 g/mol. The van der Waals surface area contributed by atoms with Crippen LogP contribution in [0.25, 0.3) is 11.1 Å². The van der Waals surface area contributed by atoms with Crippen molar-refractivity contribution in [1.29, 1.82) is 0 Å². The van der Waals surface area contributed by atoms with Crippen molar-refractivity contribution in [3.05, 3.63) is 59.0 Å². The number of nitrogens with zero attached hydrogens (tertiary/aromatic N) is 6. The summed E-state index contributed by atoms with van der Waals surface area (Å²) in [7, 11) is 5.69. The van der Waals surface area contributed by atoms with Crippen molar-refractivity contribution in [3.8, 4) is 16.9 Å². The monoisotopic (exact) mass is 648 g/mol. The summed E-state index contributed by atoms with van der Waals surface area (Å²) in [5.41, 5.74) is 6.64. The number of halogens is 1. The molecule has 1 saturated heterocycles. The zero-order chi connectivity index (χ0) is 29.4. The second kappa shape index (κ2) is 12.2. The highest BCUT2D eigenvalue weighted by Crippen LogP contribution is 2.44. The third-order valence-electron chi connectivity index (χ3n) is 8.33. The zero-order valence-electron chi connectivity index (χ0n) is 24.9. The molecule has 0 radical (unpaired) electrons. The Labute approximate surface area is 257 Å². The fraction of sp³-hybridized carbons (Fsp3) is 0.387. The van der Waals surface area contributed by atoms with Crippen LogP contribution in [0.4, 0.5) is 28.8 Å². The molecule has 11 heteroatoms. The molecule has 2 aromatic heterocycles. The Hall–Kier alpha value is -3.20. The summed E-state index contributed by atoms with van der Waals surface area (Å²) in [6, 6.07) is 13.2. The summed E-state index contributed by atoms with van der Waals surface area (Å²) in [5.74, 6) is 1.94. The molecule has 0 unspecified atom stereocenters. The summed E-state index contributed by atoms with van der Waals surface area (Å²) in [6.07, 6.45) is 7.02. The SMILES string of the molecule is COc1cc2c(cc1Nc1ncc(Br)c(Nc3ccccc3P(C)C)n1)-c1cnn(C)c1CCN2C1CCN(C)CC1. The van der Waals surface area contributed by atoms with Crippen LogP contribution >= 0.6 is 23.9 Å². The summed E-state index contributed by atoms with van der Waals surface area (Å²) < 4.78 is 8.77. The van der Waals surface area contributed by atoms with Crippen LogP contribution in [-0.2, 0) is 13.5 Å². The van der Waals surface area contributed by atoms with E-state index in [-0.39, 0.29) is 7.92 Å². The van der Waals surface area contributed by atoms with Gasteiger partial charge in [-0.3, -0.25) is 4.68 Å². The van der Waals surface area contributed by atoms with Crippen LogP contribution in [0.3, 0.4) is 0 Å². The first kappa shape index (κ1) is 28.9. The summed E-state index contributed by atoms with van der Waals surface area (Å²) in [5, 5.41) is 12.9. The van der Waals surface area contributed by atoms with E-state index in [0.717, 1.165) is 66.1 Å². The molecule has 6 rings (SSSR count). The van der Waals surface area contributed by atoms with Gasteiger partial charge in [-0.05, 0) is 79.7 Å². The minimum Gasteiger partial charge on any atom is -0.494 e. The highest BCUT2D eigenvalue weighted by molar-refractivity contribution is 9.10. The third-order valence-corrected chi connectivity index (χ3v) is 10.3. The molecule has 2 aliphatic rings. The number of methoxy groups -OCH3 is 1. The van der Waals surface area contributed by atoms with Crippen LogP contribution in [0.2, 0.25) is 0 Å². The normalized spacial score (nSPS) is 15.7. The van der Waals surface area contributed by atoms with Crippen LogP contribution in [0, 0.1) is 0 Å². The molecule has 2 aliphatic heterocycles. The van der Waals surface area contributed by atoms with Crippen molar-refractivity contribution in [1.82, 2.24) is 24.6 Å². The molecule has 0 aliphatic carbocycles. The fourth-order valence-electron chi connectivity index (χ4n) is 6.04. The maximum absolute atomic E-state index is 5.97. The van der Waals surface area contributed by atoms with Gasteiger partial charge in [0.15, 0.2) is 0 Å². The molecule has 4 heterocycles. The van der Waals surface area contributed by atoms with Crippen molar-refractivity contribution in [2.75, 3.05) is 62.7 Å². The van der Waals surface area contributed by atoms with Crippen LogP contribution in [0.1, 0.15) is 18.5 Å². The molecule has 220 valence electrons. The fourth-order valence-corrected chi connectivity index (χ4v) is 7.32. The van der Waals surface area contributed by atoms with E-state index in [4.69, 9.17) is 9.72 Å². The molecule has 0 amide bonds. The maximum Gasteiger partial charge on any atom is 0.229 e. The maximum atomic E-state index is 5.97. The first-order chi connectivity index (χ1) is 20.3. The van der Waals surface area contributed by atoms with Crippen molar-refractivity contribution in [2.24, 2.45) is 7.05 Å². The molecule has 9 nitrogen and oxygen atoms in total. The second-order valence-corrected chi connectivity index (χ2v) is 14.4. The quantitative estimate of drug-likeness (QED) is 0.238. The number of hydrogen-bond acceptors (Lipinski definition) is 8. The lowest BCUT2D eigenvalue weighted by atomic mass is 9.99. The number of fused-ring (bicyclic) bond motifs is 3. The van der Waals surface area contributed by atoms with Gasteiger partial charge in [0.2, 0.25) is 5.95 Å². The molecular weight excluding hydrogens is 611 g/mol. The van der Waals surface area contributed by atoms with Gasteiger partial charge in [0, 0.05) is 66.5 Å². The smallest absolute Gasteiger partial charge is 0.229 e. The Kier molecular flexibility index (Phi) is 8.39. The van der Waals surface area contributed by atoms with E-state index in [9.17, 15) is 0 Å². The van der Waals surface area contributed by atoms with E-state index in [1.807, 2.05) is 24.0 Å². The Morgan fingerprint density at radius 3 is 2.52 bits per heavy atom. The molecule has 1 fully saturated rings. The molecule has 42 heavy (non-hydrogen) atoms. The molecule has 0 spiro atoms. The topological polar surface area (TPSA) is 83.4 Å². The van der Waals surface area contributed by atoms with Crippen molar-refractivity contribution < 1.29 is 4.74 Å². The lowest BCUT2D eigenvalue weighted by Crippen LogP contribution is -2.44. The van der Waals surface area contributed by atoms with E-state index in [0.29, 0.717) is 17.8 Å². The van der Waals surface area contributed by atoms with Gasteiger partial charge in [-0.15, -0.1) is 0 Å². The Morgan fingerprint density at radius 2 is 1.76 bits per heavy atom. The Balaban J connectivity index is 1.37. The largest absolute Gasteiger partial charge is 0.494 e. The summed E-state index contributed by atoms with van der Waals surface area (Å²) >= 11 is 3.64. The van der Waals surface area contributed by atoms with Crippen molar-refractivity contribution >= 4 is 58.0 Å². The molecule has 4 aromatic rings. The minimum absolute atomic E-state index is 0.281. The molecule has 0 saturated carbocycles. The number of anilines is 5. The molecule has 2 aromatic carbocycles. The highest BCUT2D eigenvalue weighted by Gasteiger charge is 2.30. The number of para-hydroxylation sites is 1. The predicted octanol–water partition coefficient (Wildman–Crippen LogP) is 5.96. The second-order valence-electron chi connectivity index (χ2n) is 11.2. The minimum atomic E-state index is -0.281. The molecule has 2 N–H and O–H groups in total. The number of hydrogen-bond donors (Lipinski definition) is 2. The van der Waals surface area contributed by atoms with Gasteiger partial charge in [0.05, 0.1) is 23.5 Å².